The minimum Gasteiger partial charge on any atom is -0.359 e. The SMILES string of the molecule is CN=C(NCCC(=O)NC1CCCC1)NCc1cc(C(C)C)no1.I. The molecule has 0 atom stereocenters. The van der Waals surface area contributed by atoms with Crippen molar-refractivity contribution in [3.05, 3.63) is 17.5 Å². The van der Waals surface area contributed by atoms with Gasteiger partial charge < -0.3 is 20.5 Å². The van der Waals surface area contributed by atoms with Crippen molar-refractivity contribution >= 4 is 35.8 Å². The fourth-order valence-electron chi connectivity index (χ4n) is 2.74. The number of halogens is 1. The van der Waals surface area contributed by atoms with Crippen LogP contribution in [0.1, 0.15) is 63.3 Å². The van der Waals surface area contributed by atoms with Gasteiger partial charge in [-0.05, 0) is 18.8 Å². The standard InChI is InChI=1S/C17H29N5O2.HI/c1-12(2)15-10-14(24-22-15)11-20-17(18-3)19-9-8-16(23)21-13-6-4-5-7-13;/h10,12-13H,4-9,11H2,1-3H3,(H,21,23)(H2,18,19,20);1H. The van der Waals surface area contributed by atoms with Crippen molar-refractivity contribution < 1.29 is 9.32 Å². The molecule has 1 amide bonds. The minimum atomic E-state index is 0. The van der Waals surface area contributed by atoms with Gasteiger partial charge in [-0.15, -0.1) is 24.0 Å². The monoisotopic (exact) mass is 463 g/mol. The third kappa shape index (κ3) is 7.62. The van der Waals surface area contributed by atoms with Crippen LogP contribution in [-0.2, 0) is 11.3 Å². The van der Waals surface area contributed by atoms with Crippen molar-refractivity contribution in [3.63, 3.8) is 0 Å². The highest BCUT2D eigenvalue weighted by Crippen LogP contribution is 2.17. The summed E-state index contributed by atoms with van der Waals surface area (Å²) in [6, 6.07) is 2.32. The van der Waals surface area contributed by atoms with E-state index in [4.69, 9.17) is 4.52 Å². The molecule has 1 saturated carbocycles. The van der Waals surface area contributed by atoms with Crippen molar-refractivity contribution in [1.82, 2.24) is 21.1 Å². The lowest BCUT2D eigenvalue weighted by Crippen LogP contribution is -2.40. The summed E-state index contributed by atoms with van der Waals surface area (Å²) >= 11 is 0. The second-order valence-corrected chi connectivity index (χ2v) is 6.52. The Morgan fingerprint density at radius 3 is 2.68 bits per heavy atom. The molecule has 0 spiro atoms. The molecule has 0 unspecified atom stereocenters. The quantitative estimate of drug-likeness (QED) is 0.329. The maximum atomic E-state index is 11.9. The van der Waals surface area contributed by atoms with E-state index in [1.165, 1.54) is 12.8 Å². The summed E-state index contributed by atoms with van der Waals surface area (Å²) in [6.07, 6.45) is 5.10. The van der Waals surface area contributed by atoms with Crippen LogP contribution in [0.25, 0.3) is 0 Å². The molecule has 3 N–H and O–H groups in total. The minimum absolute atomic E-state index is 0. The summed E-state index contributed by atoms with van der Waals surface area (Å²) in [5, 5.41) is 13.4. The van der Waals surface area contributed by atoms with Crippen LogP contribution < -0.4 is 16.0 Å². The van der Waals surface area contributed by atoms with Gasteiger partial charge in [0.1, 0.15) is 0 Å². The lowest BCUT2D eigenvalue weighted by atomic mass is 10.1. The van der Waals surface area contributed by atoms with Crippen molar-refractivity contribution in [3.8, 4) is 0 Å². The molecular formula is C17H30IN5O2. The number of carbonyl (C=O) groups is 1. The zero-order valence-electron chi connectivity index (χ0n) is 15.3. The lowest BCUT2D eigenvalue weighted by molar-refractivity contribution is -0.121. The molecule has 25 heavy (non-hydrogen) atoms. The van der Waals surface area contributed by atoms with Crippen LogP contribution in [0.4, 0.5) is 0 Å². The summed E-state index contributed by atoms with van der Waals surface area (Å²) in [7, 11) is 1.70. The zero-order valence-corrected chi connectivity index (χ0v) is 17.6. The Hall–Kier alpha value is -1.32. The first-order valence-electron chi connectivity index (χ1n) is 8.78. The molecule has 0 aromatic carbocycles. The second kappa shape index (κ2) is 11.3. The van der Waals surface area contributed by atoms with E-state index in [1.807, 2.05) is 6.07 Å². The van der Waals surface area contributed by atoms with E-state index >= 15 is 0 Å². The molecule has 7 nitrogen and oxygen atoms in total. The topological polar surface area (TPSA) is 91.5 Å². The van der Waals surface area contributed by atoms with Crippen LogP contribution in [-0.4, -0.2) is 36.7 Å². The molecule has 0 radical (unpaired) electrons. The average Bonchev–Trinajstić information content (AvgIpc) is 3.22. The predicted octanol–water partition coefficient (Wildman–Crippen LogP) is 2.53. The van der Waals surface area contributed by atoms with Crippen LogP contribution in [0.2, 0.25) is 0 Å². The highest BCUT2D eigenvalue weighted by Gasteiger charge is 2.16. The first-order chi connectivity index (χ1) is 11.6. The number of aliphatic imine (C=N–C) groups is 1. The summed E-state index contributed by atoms with van der Waals surface area (Å²) in [4.78, 5) is 16.0. The van der Waals surface area contributed by atoms with E-state index in [9.17, 15) is 4.79 Å². The lowest BCUT2D eigenvalue weighted by Gasteiger charge is -2.13. The molecule has 1 aromatic rings. The maximum Gasteiger partial charge on any atom is 0.221 e. The molecule has 8 heteroatoms. The number of carbonyl (C=O) groups excluding carboxylic acids is 1. The molecule has 0 aliphatic heterocycles. The van der Waals surface area contributed by atoms with E-state index in [0.29, 0.717) is 37.4 Å². The van der Waals surface area contributed by atoms with E-state index in [1.54, 1.807) is 7.05 Å². The van der Waals surface area contributed by atoms with Crippen molar-refractivity contribution in [1.29, 1.82) is 0 Å². The fourth-order valence-corrected chi connectivity index (χ4v) is 2.74. The Kier molecular flexibility index (Phi) is 9.84. The van der Waals surface area contributed by atoms with E-state index in [0.717, 1.165) is 24.3 Å². The normalized spacial score (nSPS) is 15.1. The molecule has 1 aliphatic rings. The summed E-state index contributed by atoms with van der Waals surface area (Å²) in [5.41, 5.74) is 0.943. The molecular weight excluding hydrogens is 433 g/mol. The molecule has 1 fully saturated rings. The van der Waals surface area contributed by atoms with E-state index < -0.39 is 0 Å². The van der Waals surface area contributed by atoms with Crippen LogP contribution >= 0.6 is 24.0 Å². The van der Waals surface area contributed by atoms with Gasteiger partial charge in [0.05, 0.1) is 12.2 Å². The Bertz CT molecular complexity index is 553. The molecule has 2 rings (SSSR count). The second-order valence-electron chi connectivity index (χ2n) is 6.52. The molecule has 1 aromatic heterocycles. The third-order valence-corrected chi connectivity index (χ3v) is 4.19. The Morgan fingerprint density at radius 2 is 2.08 bits per heavy atom. The number of aromatic nitrogens is 1. The van der Waals surface area contributed by atoms with Crippen molar-refractivity contribution in [2.24, 2.45) is 4.99 Å². The predicted molar refractivity (Wildman–Crippen MR) is 109 cm³/mol. The zero-order chi connectivity index (χ0) is 17.4. The summed E-state index contributed by atoms with van der Waals surface area (Å²) in [6.45, 7) is 5.21. The summed E-state index contributed by atoms with van der Waals surface area (Å²) < 4.78 is 5.28. The molecule has 1 aliphatic carbocycles. The van der Waals surface area contributed by atoms with Gasteiger partial charge in [0, 0.05) is 32.1 Å². The number of amides is 1. The van der Waals surface area contributed by atoms with Crippen molar-refractivity contribution in [2.45, 2.75) is 64.5 Å². The molecule has 142 valence electrons. The number of hydrogen-bond acceptors (Lipinski definition) is 4. The fraction of sp³-hybridized carbons (Fsp3) is 0.706. The van der Waals surface area contributed by atoms with Crippen LogP contribution in [0.15, 0.2) is 15.6 Å². The number of guanidine groups is 1. The van der Waals surface area contributed by atoms with Crippen LogP contribution in [0.5, 0.6) is 0 Å². The van der Waals surface area contributed by atoms with Gasteiger partial charge in [0.15, 0.2) is 11.7 Å². The van der Waals surface area contributed by atoms with Crippen molar-refractivity contribution in [2.75, 3.05) is 13.6 Å². The van der Waals surface area contributed by atoms with E-state index in [2.05, 4.69) is 39.9 Å². The number of hydrogen-bond donors (Lipinski definition) is 3. The Labute approximate surface area is 166 Å². The van der Waals surface area contributed by atoms with Crippen LogP contribution in [0.3, 0.4) is 0 Å². The molecule has 1 heterocycles. The van der Waals surface area contributed by atoms with Gasteiger partial charge >= 0.3 is 0 Å². The maximum absolute atomic E-state index is 11.9. The highest BCUT2D eigenvalue weighted by molar-refractivity contribution is 14.0. The van der Waals surface area contributed by atoms with Gasteiger partial charge in [-0.1, -0.05) is 31.8 Å². The highest BCUT2D eigenvalue weighted by atomic mass is 127. The number of nitrogens with one attached hydrogen (secondary N) is 3. The number of rotatable bonds is 7. The van der Waals surface area contributed by atoms with Gasteiger partial charge in [-0.3, -0.25) is 9.79 Å². The summed E-state index contributed by atoms with van der Waals surface area (Å²) in [5.74, 6) is 1.85. The largest absolute Gasteiger partial charge is 0.359 e. The number of nitrogens with zero attached hydrogens (tertiary/aromatic N) is 2. The first-order valence-corrected chi connectivity index (χ1v) is 8.78. The van der Waals surface area contributed by atoms with Gasteiger partial charge in [-0.25, -0.2) is 0 Å². The van der Waals surface area contributed by atoms with E-state index in [-0.39, 0.29) is 29.9 Å². The first kappa shape index (κ1) is 21.7. The molecule has 0 bridgehead atoms. The Balaban J connectivity index is 0.00000312. The Morgan fingerprint density at radius 1 is 1.36 bits per heavy atom. The van der Waals surface area contributed by atoms with Crippen LogP contribution in [0, 0.1) is 0 Å². The smallest absolute Gasteiger partial charge is 0.221 e. The molecule has 0 saturated heterocycles. The van der Waals surface area contributed by atoms with Gasteiger partial charge in [0.2, 0.25) is 5.91 Å². The third-order valence-electron chi connectivity index (χ3n) is 4.19. The van der Waals surface area contributed by atoms with Gasteiger partial charge in [0.25, 0.3) is 0 Å². The van der Waals surface area contributed by atoms with Gasteiger partial charge in [-0.2, -0.15) is 0 Å². The average molecular weight is 463 g/mol.